The summed E-state index contributed by atoms with van der Waals surface area (Å²) in [7, 11) is -0.835. The van der Waals surface area contributed by atoms with Gasteiger partial charge >= 0.3 is 0 Å². The molecule has 0 radical (unpaired) electrons. The topological polar surface area (TPSA) is 46.2 Å². The van der Waals surface area contributed by atoms with Crippen LogP contribution in [0.15, 0.2) is 0 Å². The van der Waals surface area contributed by atoms with Gasteiger partial charge in [-0.15, -0.1) is 0 Å². The summed E-state index contributed by atoms with van der Waals surface area (Å²) in [6.45, 7) is 1.93. The van der Waals surface area contributed by atoms with E-state index in [-0.39, 0.29) is 17.9 Å². The van der Waals surface area contributed by atoms with Crippen LogP contribution in [-0.4, -0.2) is 28.2 Å². The Hall–Kier alpha value is -0.380. The molecule has 0 aliphatic heterocycles. The summed E-state index contributed by atoms with van der Waals surface area (Å²) in [5, 5.41) is 2.98. The van der Waals surface area contributed by atoms with Gasteiger partial charge in [0.25, 0.3) is 0 Å². The number of carbonyl (C=O) groups is 1. The van der Waals surface area contributed by atoms with Crippen LogP contribution in [0.2, 0.25) is 0 Å². The van der Waals surface area contributed by atoms with Crippen LogP contribution in [0.25, 0.3) is 0 Å². The Balaban J connectivity index is 2.34. The summed E-state index contributed by atoms with van der Waals surface area (Å²) in [5.41, 5.74) is 0. The van der Waals surface area contributed by atoms with Crippen LogP contribution in [0.5, 0.6) is 0 Å². The van der Waals surface area contributed by atoms with Crippen LogP contribution in [0.3, 0.4) is 0 Å². The molecule has 0 saturated heterocycles. The number of nitrogens with one attached hydrogen (secondary N) is 1. The molecule has 1 N–H and O–H groups in total. The van der Waals surface area contributed by atoms with Gasteiger partial charge in [0.15, 0.2) is 0 Å². The summed E-state index contributed by atoms with van der Waals surface area (Å²) in [4.78, 5) is 11.9. The van der Waals surface area contributed by atoms with Gasteiger partial charge < -0.3 is 5.32 Å². The van der Waals surface area contributed by atoms with Crippen LogP contribution in [0, 0.1) is 5.92 Å². The standard InChI is InChI=1S/C12H23NO2S/c1-10(9-16(2)15)13-12(14)11-7-5-3-4-6-8-11/h10-11H,3-9H2,1-2H3,(H,13,14)/t10-,16+/m0/s1. The zero-order valence-electron chi connectivity index (χ0n) is 10.3. The Morgan fingerprint density at radius 1 is 1.31 bits per heavy atom. The normalized spacial score (nSPS) is 22.1. The van der Waals surface area contributed by atoms with Gasteiger partial charge in [0.05, 0.1) is 0 Å². The molecule has 0 aromatic heterocycles. The number of rotatable bonds is 4. The van der Waals surface area contributed by atoms with E-state index in [1.165, 1.54) is 25.7 Å². The van der Waals surface area contributed by atoms with Crippen molar-refractivity contribution in [1.29, 1.82) is 0 Å². The van der Waals surface area contributed by atoms with Crippen molar-refractivity contribution in [2.45, 2.75) is 51.5 Å². The van der Waals surface area contributed by atoms with Crippen LogP contribution < -0.4 is 5.32 Å². The summed E-state index contributed by atoms with van der Waals surface area (Å²) in [6, 6.07) is 0.0292. The van der Waals surface area contributed by atoms with Crippen molar-refractivity contribution in [3.8, 4) is 0 Å². The van der Waals surface area contributed by atoms with E-state index in [1.807, 2.05) is 6.92 Å². The maximum absolute atomic E-state index is 11.9. The van der Waals surface area contributed by atoms with Gasteiger partial charge in [-0.3, -0.25) is 9.00 Å². The molecule has 1 saturated carbocycles. The zero-order chi connectivity index (χ0) is 12.0. The van der Waals surface area contributed by atoms with Gasteiger partial charge in [-0.2, -0.15) is 0 Å². The molecule has 0 aromatic carbocycles. The van der Waals surface area contributed by atoms with Gasteiger partial charge in [-0.25, -0.2) is 0 Å². The number of carbonyl (C=O) groups excluding carboxylic acids is 1. The summed E-state index contributed by atoms with van der Waals surface area (Å²) in [5.74, 6) is 0.911. The lowest BCUT2D eigenvalue weighted by molar-refractivity contribution is -0.125. The molecule has 94 valence electrons. The van der Waals surface area contributed by atoms with Gasteiger partial charge in [0.2, 0.25) is 5.91 Å². The minimum absolute atomic E-state index is 0.0292. The lowest BCUT2D eigenvalue weighted by Gasteiger charge is -2.18. The van der Waals surface area contributed by atoms with Gasteiger partial charge in [-0.1, -0.05) is 25.7 Å². The lowest BCUT2D eigenvalue weighted by Crippen LogP contribution is -2.39. The van der Waals surface area contributed by atoms with Crippen LogP contribution in [0.1, 0.15) is 45.4 Å². The van der Waals surface area contributed by atoms with Crippen molar-refractivity contribution in [3.63, 3.8) is 0 Å². The third-order valence-corrected chi connectivity index (χ3v) is 4.07. The molecular weight excluding hydrogens is 222 g/mol. The molecule has 0 spiro atoms. The van der Waals surface area contributed by atoms with Crippen molar-refractivity contribution in [1.82, 2.24) is 5.32 Å². The number of amides is 1. The molecule has 2 atom stereocenters. The van der Waals surface area contributed by atoms with Gasteiger partial charge in [-0.05, 0) is 19.8 Å². The van der Waals surface area contributed by atoms with Crippen molar-refractivity contribution in [2.75, 3.05) is 12.0 Å². The van der Waals surface area contributed by atoms with E-state index in [2.05, 4.69) is 5.32 Å². The Morgan fingerprint density at radius 2 is 1.88 bits per heavy atom. The molecule has 0 bridgehead atoms. The molecule has 1 amide bonds. The number of hydrogen-bond donors (Lipinski definition) is 1. The van der Waals surface area contributed by atoms with Crippen molar-refractivity contribution >= 4 is 16.7 Å². The Labute approximate surface area is 101 Å². The molecular formula is C12H23NO2S. The Morgan fingerprint density at radius 3 is 2.38 bits per heavy atom. The maximum Gasteiger partial charge on any atom is 0.223 e. The average molecular weight is 245 g/mol. The molecule has 1 aliphatic carbocycles. The lowest BCUT2D eigenvalue weighted by atomic mass is 9.99. The number of hydrogen-bond acceptors (Lipinski definition) is 2. The van der Waals surface area contributed by atoms with Crippen LogP contribution in [0.4, 0.5) is 0 Å². The maximum atomic E-state index is 11.9. The van der Waals surface area contributed by atoms with Gasteiger partial charge in [0.1, 0.15) is 0 Å². The summed E-state index contributed by atoms with van der Waals surface area (Å²) in [6.07, 6.45) is 8.59. The molecule has 3 nitrogen and oxygen atoms in total. The minimum Gasteiger partial charge on any atom is -0.352 e. The van der Waals surface area contributed by atoms with Crippen molar-refractivity contribution in [2.24, 2.45) is 5.92 Å². The highest BCUT2D eigenvalue weighted by molar-refractivity contribution is 7.84. The first-order chi connectivity index (χ1) is 7.59. The first-order valence-electron chi connectivity index (χ1n) is 6.20. The summed E-state index contributed by atoms with van der Waals surface area (Å²) >= 11 is 0. The predicted octanol–water partition coefficient (Wildman–Crippen LogP) is 1.84. The second kappa shape index (κ2) is 7.05. The van der Waals surface area contributed by atoms with Crippen LogP contribution >= 0.6 is 0 Å². The van der Waals surface area contributed by atoms with E-state index < -0.39 is 10.8 Å². The first kappa shape index (κ1) is 13.7. The Kier molecular flexibility index (Phi) is 6.03. The second-order valence-corrected chi connectivity index (χ2v) is 6.32. The third-order valence-electron chi connectivity index (χ3n) is 3.10. The highest BCUT2D eigenvalue weighted by atomic mass is 32.2. The molecule has 0 heterocycles. The molecule has 16 heavy (non-hydrogen) atoms. The van der Waals surface area contributed by atoms with Crippen molar-refractivity contribution < 1.29 is 9.00 Å². The minimum atomic E-state index is -0.835. The summed E-state index contributed by atoms with van der Waals surface area (Å²) < 4.78 is 11.0. The smallest absolute Gasteiger partial charge is 0.223 e. The molecule has 0 unspecified atom stereocenters. The van der Waals surface area contributed by atoms with E-state index in [0.717, 1.165) is 12.8 Å². The van der Waals surface area contributed by atoms with E-state index in [1.54, 1.807) is 6.26 Å². The Bertz CT molecular complexity index is 247. The fourth-order valence-corrected chi connectivity index (χ4v) is 3.08. The van der Waals surface area contributed by atoms with E-state index in [4.69, 9.17) is 0 Å². The van der Waals surface area contributed by atoms with E-state index >= 15 is 0 Å². The first-order valence-corrected chi connectivity index (χ1v) is 7.92. The monoisotopic (exact) mass is 245 g/mol. The van der Waals surface area contributed by atoms with Crippen molar-refractivity contribution in [3.05, 3.63) is 0 Å². The highest BCUT2D eigenvalue weighted by Gasteiger charge is 2.21. The predicted molar refractivity (Wildman–Crippen MR) is 67.7 cm³/mol. The molecule has 1 fully saturated rings. The van der Waals surface area contributed by atoms with E-state index in [9.17, 15) is 9.00 Å². The average Bonchev–Trinajstić information content (AvgIpc) is 2.43. The highest BCUT2D eigenvalue weighted by Crippen LogP contribution is 2.22. The fourth-order valence-electron chi connectivity index (χ4n) is 2.30. The SMILES string of the molecule is C[C@@H](C[S@@](C)=O)NC(=O)C1CCCCCC1. The molecule has 0 aromatic rings. The molecule has 1 aliphatic rings. The molecule has 4 heteroatoms. The quantitative estimate of drug-likeness (QED) is 0.768. The largest absolute Gasteiger partial charge is 0.352 e. The molecule has 1 rings (SSSR count). The zero-order valence-corrected chi connectivity index (χ0v) is 11.1. The van der Waals surface area contributed by atoms with E-state index in [0.29, 0.717) is 5.75 Å². The fraction of sp³-hybridized carbons (Fsp3) is 0.917. The third kappa shape index (κ3) is 5.10. The second-order valence-electron chi connectivity index (χ2n) is 4.84. The van der Waals surface area contributed by atoms with Gasteiger partial charge in [0, 0.05) is 34.8 Å². The van der Waals surface area contributed by atoms with Crippen LogP contribution in [-0.2, 0) is 15.6 Å².